The summed E-state index contributed by atoms with van der Waals surface area (Å²) in [4.78, 5) is 7.43. The topological polar surface area (TPSA) is 62.3 Å². The van der Waals surface area contributed by atoms with E-state index >= 15 is 0 Å². The monoisotopic (exact) mass is 408 g/mol. The lowest BCUT2D eigenvalue weighted by atomic mass is 10.0. The van der Waals surface area contributed by atoms with Gasteiger partial charge in [0.1, 0.15) is 11.5 Å². The maximum absolute atomic E-state index is 5.66. The van der Waals surface area contributed by atoms with Crippen molar-refractivity contribution in [2.75, 3.05) is 47.3 Å². The normalized spacial score (nSPS) is 16.1. The summed E-state index contributed by atoms with van der Waals surface area (Å²) in [5.74, 6) is 3.00. The Bertz CT molecular complexity index is 1080. The smallest absolute Gasteiger partial charge is 0.231 e. The highest BCUT2D eigenvalue weighted by molar-refractivity contribution is 5.87. The maximum Gasteiger partial charge on any atom is 0.231 e. The summed E-state index contributed by atoms with van der Waals surface area (Å²) in [7, 11) is 3.33. The van der Waals surface area contributed by atoms with Gasteiger partial charge in [0, 0.05) is 36.7 Å². The summed E-state index contributed by atoms with van der Waals surface area (Å²) in [6.45, 7) is 4.30. The zero-order valence-electron chi connectivity index (χ0n) is 17.1. The molecular formula is C23H24N2O5. The highest BCUT2D eigenvalue weighted by Crippen LogP contribution is 2.40. The highest BCUT2D eigenvalue weighted by Gasteiger charge is 2.21. The lowest BCUT2D eigenvalue weighted by molar-refractivity contribution is 0.0342. The molecule has 3 heterocycles. The Morgan fingerprint density at radius 2 is 1.77 bits per heavy atom. The first kappa shape index (κ1) is 19.0. The standard InChI is InChI=1S/C23H24N2O5/c1-26-17-3-4-20(27-2)18(11-17)23-16(13-25-5-7-28-8-6-25)9-15-10-21-22(30-14-29-21)12-19(15)24-23/h3-4,9-12H,5-8,13-14H2,1-2H3. The third-order valence-corrected chi connectivity index (χ3v) is 5.55. The van der Waals surface area contributed by atoms with E-state index in [9.17, 15) is 0 Å². The van der Waals surface area contributed by atoms with E-state index < -0.39 is 0 Å². The lowest BCUT2D eigenvalue weighted by Gasteiger charge is -2.27. The number of rotatable bonds is 5. The van der Waals surface area contributed by atoms with Gasteiger partial charge in [-0.2, -0.15) is 0 Å². The minimum Gasteiger partial charge on any atom is -0.497 e. The Kier molecular flexibility index (Phi) is 5.06. The molecule has 0 radical (unpaired) electrons. The van der Waals surface area contributed by atoms with E-state index in [1.165, 1.54) is 0 Å². The molecule has 2 aromatic carbocycles. The Morgan fingerprint density at radius 3 is 2.53 bits per heavy atom. The van der Waals surface area contributed by atoms with Gasteiger partial charge in [-0.3, -0.25) is 4.90 Å². The van der Waals surface area contributed by atoms with Gasteiger partial charge >= 0.3 is 0 Å². The number of pyridine rings is 1. The summed E-state index contributed by atoms with van der Waals surface area (Å²) in [6.07, 6.45) is 0. The molecule has 2 aliphatic heterocycles. The summed E-state index contributed by atoms with van der Waals surface area (Å²) in [6, 6.07) is 11.9. The van der Waals surface area contributed by atoms with Crippen LogP contribution in [0.1, 0.15) is 5.56 Å². The summed E-state index contributed by atoms with van der Waals surface area (Å²) < 4.78 is 27.8. The first-order valence-corrected chi connectivity index (χ1v) is 10.0. The van der Waals surface area contributed by atoms with Gasteiger partial charge < -0.3 is 23.7 Å². The fraction of sp³-hybridized carbons (Fsp3) is 0.348. The molecule has 1 aromatic heterocycles. The van der Waals surface area contributed by atoms with Crippen LogP contribution >= 0.6 is 0 Å². The Balaban J connectivity index is 1.67. The average molecular weight is 408 g/mol. The summed E-state index contributed by atoms with van der Waals surface area (Å²) >= 11 is 0. The molecule has 1 fully saturated rings. The quantitative estimate of drug-likeness (QED) is 0.640. The molecule has 0 amide bonds. The molecule has 0 aliphatic carbocycles. The second-order valence-corrected chi connectivity index (χ2v) is 7.35. The number of ether oxygens (including phenoxy) is 5. The minimum atomic E-state index is 0.239. The number of hydrogen-bond donors (Lipinski definition) is 0. The minimum absolute atomic E-state index is 0.239. The SMILES string of the molecule is COc1ccc(OC)c(-c2nc3cc4c(cc3cc2CN2CCOCC2)OCO4)c1. The molecule has 0 N–H and O–H groups in total. The van der Waals surface area contributed by atoms with E-state index in [2.05, 4.69) is 11.0 Å². The second-order valence-electron chi connectivity index (χ2n) is 7.35. The van der Waals surface area contributed by atoms with Crippen LogP contribution in [0.25, 0.3) is 22.2 Å². The first-order valence-electron chi connectivity index (χ1n) is 10.0. The number of aromatic nitrogens is 1. The zero-order chi connectivity index (χ0) is 20.5. The van der Waals surface area contributed by atoms with Gasteiger partial charge in [-0.25, -0.2) is 4.98 Å². The molecule has 156 valence electrons. The van der Waals surface area contributed by atoms with Gasteiger partial charge in [0.15, 0.2) is 11.5 Å². The van der Waals surface area contributed by atoms with Crippen LogP contribution < -0.4 is 18.9 Å². The number of nitrogens with zero attached hydrogens (tertiary/aromatic N) is 2. The zero-order valence-corrected chi connectivity index (χ0v) is 17.1. The molecule has 0 saturated carbocycles. The number of benzene rings is 2. The third-order valence-electron chi connectivity index (χ3n) is 5.55. The maximum atomic E-state index is 5.66. The van der Waals surface area contributed by atoms with Crippen LogP contribution in [0.4, 0.5) is 0 Å². The number of fused-ring (bicyclic) bond motifs is 2. The van der Waals surface area contributed by atoms with Gasteiger partial charge in [0.25, 0.3) is 0 Å². The second kappa shape index (κ2) is 8.01. The van der Waals surface area contributed by atoms with E-state index in [1.54, 1.807) is 14.2 Å². The van der Waals surface area contributed by atoms with Crippen molar-refractivity contribution in [3.63, 3.8) is 0 Å². The van der Waals surface area contributed by atoms with E-state index in [-0.39, 0.29) is 6.79 Å². The Morgan fingerprint density at radius 1 is 0.967 bits per heavy atom. The molecule has 0 bridgehead atoms. The average Bonchev–Trinajstić information content (AvgIpc) is 3.24. The van der Waals surface area contributed by atoms with Crippen molar-refractivity contribution in [2.45, 2.75) is 6.54 Å². The van der Waals surface area contributed by atoms with Crippen molar-refractivity contribution in [3.8, 4) is 34.3 Å². The van der Waals surface area contributed by atoms with Crippen molar-refractivity contribution in [1.82, 2.24) is 9.88 Å². The van der Waals surface area contributed by atoms with Gasteiger partial charge in [-0.05, 0) is 35.9 Å². The molecule has 2 aliphatic rings. The number of methoxy groups -OCH3 is 2. The van der Waals surface area contributed by atoms with Crippen LogP contribution in [0, 0.1) is 0 Å². The predicted molar refractivity (Wildman–Crippen MR) is 113 cm³/mol. The fourth-order valence-electron chi connectivity index (χ4n) is 3.96. The molecule has 1 saturated heterocycles. The summed E-state index contributed by atoms with van der Waals surface area (Å²) in [5, 5.41) is 1.02. The Labute approximate surface area is 175 Å². The fourth-order valence-corrected chi connectivity index (χ4v) is 3.96. The van der Waals surface area contributed by atoms with Gasteiger partial charge in [0.05, 0.1) is 38.6 Å². The van der Waals surface area contributed by atoms with Gasteiger partial charge in [-0.15, -0.1) is 0 Å². The summed E-state index contributed by atoms with van der Waals surface area (Å²) in [5.41, 5.74) is 3.75. The van der Waals surface area contributed by atoms with Crippen LogP contribution in [-0.2, 0) is 11.3 Å². The molecule has 7 heteroatoms. The van der Waals surface area contributed by atoms with Gasteiger partial charge in [-0.1, -0.05) is 0 Å². The molecule has 5 rings (SSSR count). The van der Waals surface area contributed by atoms with Crippen LogP contribution in [0.3, 0.4) is 0 Å². The number of morpholine rings is 1. The Hall–Kier alpha value is -3.03. The van der Waals surface area contributed by atoms with E-state index in [4.69, 9.17) is 28.7 Å². The molecule has 3 aromatic rings. The largest absolute Gasteiger partial charge is 0.497 e. The van der Waals surface area contributed by atoms with Crippen molar-refractivity contribution in [2.24, 2.45) is 0 Å². The van der Waals surface area contributed by atoms with Gasteiger partial charge in [0.2, 0.25) is 6.79 Å². The van der Waals surface area contributed by atoms with E-state index in [1.807, 2.05) is 30.3 Å². The van der Waals surface area contributed by atoms with Crippen LogP contribution in [0.5, 0.6) is 23.0 Å². The van der Waals surface area contributed by atoms with Crippen molar-refractivity contribution in [1.29, 1.82) is 0 Å². The molecule has 30 heavy (non-hydrogen) atoms. The van der Waals surface area contributed by atoms with Crippen LogP contribution in [0.2, 0.25) is 0 Å². The lowest BCUT2D eigenvalue weighted by Crippen LogP contribution is -2.35. The molecule has 0 atom stereocenters. The van der Waals surface area contributed by atoms with Crippen molar-refractivity contribution in [3.05, 3.63) is 42.0 Å². The predicted octanol–water partition coefficient (Wildman–Crippen LogP) is 3.48. The van der Waals surface area contributed by atoms with E-state index in [0.717, 1.165) is 83.6 Å². The molecule has 0 unspecified atom stereocenters. The molecule has 0 spiro atoms. The number of hydrogen-bond acceptors (Lipinski definition) is 7. The van der Waals surface area contributed by atoms with Crippen LogP contribution in [0.15, 0.2) is 36.4 Å². The van der Waals surface area contributed by atoms with Crippen molar-refractivity contribution >= 4 is 10.9 Å². The van der Waals surface area contributed by atoms with E-state index in [0.29, 0.717) is 0 Å². The first-order chi connectivity index (χ1) is 14.7. The third kappa shape index (κ3) is 3.51. The molecule has 7 nitrogen and oxygen atoms in total. The molecular weight excluding hydrogens is 384 g/mol. The van der Waals surface area contributed by atoms with Crippen LogP contribution in [-0.4, -0.2) is 57.2 Å². The van der Waals surface area contributed by atoms with Crippen molar-refractivity contribution < 1.29 is 23.7 Å². The highest BCUT2D eigenvalue weighted by atomic mass is 16.7.